The highest BCUT2D eigenvalue weighted by Gasteiger charge is 2.01. The van der Waals surface area contributed by atoms with Crippen LogP contribution < -0.4 is 4.74 Å². The highest BCUT2D eigenvalue weighted by Crippen LogP contribution is 2.13. The van der Waals surface area contributed by atoms with Crippen LogP contribution in [0.15, 0.2) is 72.8 Å². The van der Waals surface area contributed by atoms with E-state index in [1.165, 1.54) is 12.1 Å². The Morgan fingerprint density at radius 2 is 1.30 bits per heavy atom. The summed E-state index contributed by atoms with van der Waals surface area (Å²) in [5, 5.41) is 10.6. The molecule has 0 saturated heterocycles. The van der Waals surface area contributed by atoms with Gasteiger partial charge in [-0.25, -0.2) is 0 Å². The van der Waals surface area contributed by atoms with Gasteiger partial charge in [0.15, 0.2) is 0 Å². The van der Waals surface area contributed by atoms with Crippen molar-refractivity contribution < 1.29 is 9.66 Å². The molecule has 0 unspecified atom stereocenters. The van der Waals surface area contributed by atoms with Crippen molar-refractivity contribution in [1.29, 1.82) is 0 Å². The second kappa shape index (κ2) is 8.34. The Bertz CT molecular complexity index is 726. The number of non-ortho nitro benzene ring substituents is 1. The molecule has 116 valence electrons. The molecule has 23 heavy (non-hydrogen) atoms. The fourth-order valence-corrected chi connectivity index (χ4v) is 1.88. The molecule has 0 amide bonds. The number of nitro groups is 1. The topological polar surface area (TPSA) is 52.4 Å². The molecule has 2 aromatic carbocycles. The lowest BCUT2D eigenvalue weighted by molar-refractivity contribution is -0.384. The molecule has 2 aromatic rings. The summed E-state index contributed by atoms with van der Waals surface area (Å²) < 4.78 is 5.10. The van der Waals surface area contributed by atoms with Crippen LogP contribution in [0.5, 0.6) is 5.75 Å². The molecule has 0 aliphatic heterocycles. The van der Waals surface area contributed by atoms with Gasteiger partial charge in [-0.05, 0) is 35.4 Å². The normalized spacial score (nSPS) is 11.5. The number of methoxy groups -OCH3 is 1. The molecule has 0 atom stereocenters. The third-order valence-corrected chi connectivity index (χ3v) is 3.13. The highest BCUT2D eigenvalue weighted by molar-refractivity contribution is 5.55. The number of ether oxygens (including phenoxy) is 1. The van der Waals surface area contributed by atoms with Gasteiger partial charge >= 0.3 is 0 Å². The van der Waals surface area contributed by atoms with Crippen molar-refractivity contribution in [2.45, 2.75) is 0 Å². The Hall–Kier alpha value is -3.14. The van der Waals surface area contributed by atoms with Crippen molar-refractivity contribution in [3.8, 4) is 5.75 Å². The SMILES string of the molecule is COc1ccc(C=CC=CC=Cc2ccc([N+](=O)[O-])cc2)cc1. The van der Waals surface area contributed by atoms with Gasteiger partial charge in [-0.2, -0.15) is 0 Å². The van der Waals surface area contributed by atoms with Gasteiger partial charge in [0.05, 0.1) is 12.0 Å². The highest BCUT2D eigenvalue weighted by atomic mass is 16.6. The summed E-state index contributed by atoms with van der Waals surface area (Å²) in [5.41, 5.74) is 2.11. The zero-order valence-electron chi connectivity index (χ0n) is 12.8. The van der Waals surface area contributed by atoms with Crippen LogP contribution in [-0.2, 0) is 0 Å². The Balaban J connectivity index is 1.87. The minimum absolute atomic E-state index is 0.0973. The molecule has 0 spiro atoms. The maximum Gasteiger partial charge on any atom is 0.269 e. The van der Waals surface area contributed by atoms with Crippen LogP contribution in [0.3, 0.4) is 0 Å². The molecular formula is C19H17NO3. The lowest BCUT2D eigenvalue weighted by atomic mass is 10.2. The largest absolute Gasteiger partial charge is 0.497 e. The number of allylic oxidation sites excluding steroid dienone is 4. The fraction of sp³-hybridized carbons (Fsp3) is 0.0526. The molecular weight excluding hydrogens is 290 g/mol. The van der Waals surface area contributed by atoms with E-state index in [-0.39, 0.29) is 5.69 Å². The van der Waals surface area contributed by atoms with E-state index in [4.69, 9.17) is 4.74 Å². The average molecular weight is 307 g/mol. The van der Waals surface area contributed by atoms with Crippen molar-refractivity contribution in [1.82, 2.24) is 0 Å². The van der Waals surface area contributed by atoms with Crippen LogP contribution >= 0.6 is 0 Å². The zero-order valence-corrected chi connectivity index (χ0v) is 12.8. The Labute approximate surface area is 135 Å². The lowest BCUT2D eigenvalue weighted by Crippen LogP contribution is -1.86. The van der Waals surface area contributed by atoms with Gasteiger partial charge in [-0.3, -0.25) is 10.1 Å². The van der Waals surface area contributed by atoms with Crippen molar-refractivity contribution in [3.63, 3.8) is 0 Å². The van der Waals surface area contributed by atoms with Crippen molar-refractivity contribution in [2.75, 3.05) is 7.11 Å². The molecule has 4 heteroatoms. The van der Waals surface area contributed by atoms with E-state index in [1.54, 1.807) is 19.2 Å². The predicted octanol–water partition coefficient (Wildman–Crippen LogP) is 4.89. The quantitative estimate of drug-likeness (QED) is 0.434. The summed E-state index contributed by atoms with van der Waals surface area (Å²) in [6.45, 7) is 0. The number of nitro benzene ring substituents is 1. The van der Waals surface area contributed by atoms with E-state index in [1.807, 2.05) is 60.7 Å². The molecule has 0 heterocycles. The number of hydrogen-bond donors (Lipinski definition) is 0. The molecule has 0 aliphatic carbocycles. The molecule has 0 aromatic heterocycles. The first-order valence-corrected chi connectivity index (χ1v) is 7.09. The van der Waals surface area contributed by atoms with E-state index in [0.29, 0.717) is 0 Å². The summed E-state index contributed by atoms with van der Waals surface area (Å²) in [6, 6.07) is 14.2. The van der Waals surface area contributed by atoms with E-state index < -0.39 is 4.92 Å². The van der Waals surface area contributed by atoms with Gasteiger partial charge in [-0.15, -0.1) is 0 Å². The Morgan fingerprint density at radius 1 is 0.826 bits per heavy atom. The van der Waals surface area contributed by atoms with E-state index in [2.05, 4.69) is 0 Å². The molecule has 0 N–H and O–H groups in total. The summed E-state index contributed by atoms with van der Waals surface area (Å²) in [5.74, 6) is 0.837. The second-order valence-corrected chi connectivity index (χ2v) is 4.72. The van der Waals surface area contributed by atoms with Crippen LogP contribution in [0.25, 0.3) is 12.2 Å². The number of hydrogen-bond acceptors (Lipinski definition) is 3. The maximum absolute atomic E-state index is 10.6. The van der Waals surface area contributed by atoms with Gasteiger partial charge in [0.25, 0.3) is 5.69 Å². The van der Waals surface area contributed by atoms with Crippen LogP contribution in [0, 0.1) is 10.1 Å². The van der Waals surface area contributed by atoms with E-state index in [9.17, 15) is 10.1 Å². The maximum atomic E-state index is 10.6. The summed E-state index contributed by atoms with van der Waals surface area (Å²) in [7, 11) is 1.64. The molecule has 0 fully saturated rings. The first-order valence-electron chi connectivity index (χ1n) is 7.09. The monoisotopic (exact) mass is 307 g/mol. The summed E-state index contributed by atoms with van der Waals surface area (Å²) in [4.78, 5) is 10.2. The Kier molecular flexibility index (Phi) is 5.89. The standard InChI is InChI=1S/C19H17NO3/c1-23-19-14-10-17(11-15-19)7-5-3-2-4-6-16-8-12-18(13-9-16)20(21)22/h2-15H,1H3. The van der Waals surface area contributed by atoms with E-state index in [0.717, 1.165) is 16.9 Å². The number of nitrogens with zero attached hydrogens (tertiary/aromatic N) is 1. The van der Waals surface area contributed by atoms with Crippen LogP contribution in [0.2, 0.25) is 0 Å². The molecule has 0 radical (unpaired) electrons. The average Bonchev–Trinajstić information content (AvgIpc) is 2.59. The predicted molar refractivity (Wildman–Crippen MR) is 93.3 cm³/mol. The summed E-state index contributed by atoms with van der Waals surface area (Å²) >= 11 is 0. The van der Waals surface area contributed by atoms with Crippen molar-refractivity contribution in [3.05, 3.63) is 94.1 Å². The zero-order chi connectivity index (χ0) is 16.5. The minimum Gasteiger partial charge on any atom is -0.497 e. The van der Waals surface area contributed by atoms with Gasteiger partial charge in [-0.1, -0.05) is 48.6 Å². The minimum atomic E-state index is -0.405. The van der Waals surface area contributed by atoms with Gasteiger partial charge < -0.3 is 4.74 Å². The molecule has 4 nitrogen and oxygen atoms in total. The van der Waals surface area contributed by atoms with Gasteiger partial charge in [0, 0.05) is 12.1 Å². The van der Waals surface area contributed by atoms with Crippen molar-refractivity contribution in [2.24, 2.45) is 0 Å². The first-order chi connectivity index (χ1) is 11.2. The lowest BCUT2D eigenvalue weighted by Gasteiger charge is -1.98. The number of rotatable bonds is 6. The van der Waals surface area contributed by atoms with Crippen LogP contribution in [0.1, 0.15) is 11.1 Å². The van der Waals surface area contributed by atoms with Crippen molar-refractivity contribution >= 4 is 17.8 Å². The van der Waals surface area contributed by atoms with Crippen LogP contribution in [0.4, 0.5) is 5.69 Å². The molecule has 0 bridgehead atoms. The van der Waals surface area contributed by atoms with E-state index >= 15 is 0 Å². The molecule has 2 rings (SSSR count). The summed E-state index contributed by atoms with van der Waals surface area (Å²) in [6.07, 6.45) is 11.5. The van der Waals surface area contributed by atoms with Crippen LogP contribution in [-0.4, -0.2) is 12.0 Å². The third kappa shape index (κ3) is 5.28. The number of benzene rings is 2. The smallest absolute Gasteiger partial charge is 0.269 e. The Morgan fingerprint density at radius 3 is 1.74 bits per heavy atom. The second-order valence-electron chi connectivity index (χ2n) is 4.72. The first kappa shape index (κ1) is 16.2. The molecule has 0 aliphatic rings. The molecule has 0 saturated carbocycles. The third-order valence-electron chi connectivity index (χ3n) is 3.13. The fourth-order valence-electron chi connectivity index (χ4n) is 1.88. The van der Waals surface area contributed by atoms with Gasteiger partial charge in [0.2, 0.25) is 0 Å². The van der Waals surface area contributed by atoms with Gasteiger partial charge in [0.1, 0.15) is 5.75 Å².